The molecule has 5 heteroatoms. The molecule has 0 amide bonds. The van der Waals surface area contributed by atoms with Gasteiger partial charge in [-0.2, -0.15) is 0 Å². The summed E-state index contributed by atoms with van der Waals surface area (Å²) in [5.41, 5.74) is 4.38. The second-order valence-corrected chi connectivity index (χ2v) is 11.7. The van der Waals surface area contributed by atoms with Gasteiger partial charge in [0.25, 0.3) is 5.56 Å². The van der Waals surface area contributed by atoms with Gasteiger partial charge in [0.15, 0.2) is 5.75 Å². The molecule has 234 valence electrons. The average molecular weight is 588 g/mol. The number of allylic oxidation sites excluding steroid dienone is 3. The van der Waals surface area contributed by atoms with E-state index in [2.05, 4.69) is 46.8 Å². The van der Waals surface area contributed by atoms with Crippen LogP contribution in [0.25, 0.3) is 10.9 Å². The molecule has 0 saturated heterocycles. The molecule has 0 radical (unpaired) electrons. The third-order valence-electron chi connectivity index (χ3n) is 7.63. The van der Waals surface area contributed by atoms with Crippen LogP contribution in [0.5, 0.6) is 17.2 Å². The van der Waals surface area contributed by atoms with Crippen LogP contribution in [-0.4, -0.2) is 17.8 Å². The molecular weight excluding hydrogens is 534 g/mol. The Labute approximate surface area is 259 Å². The second-order valence-electron chi connectivity index (χ2n) is 11.7. The van der Waals surface area contributed by atoms with Gasteiger partial charge in [-0.3, -0.25) is 4.79 Å². The molecule has 0 N–H and O–H groups in total. The van der Waals surface area contributed by atoms with E-state index in [9.17, 15) is 4.79 Å². The lowest BCUT2D eigenvalue weighted by Crippen LogP contribution is -2.24. The lowest BCUT2D eigenvalue weighted by atomic mass is 10.1. The third kappa shape index (κ3) is 11.3. The molecule has 0 spiro atoms. The minimum Gasteiger partial charge on any atom is -0.489 e. The van der Waals surface area contributed by atoms with E-state index >= 15 is 0 Å². The summed E-state index contributed by atoms with van der Waals surface area (Å²) in [5, 5.41) is 0.872. The first-order valence-corrected chi connectivity index (χ1v) is 16.4. The molecule has 0 aliphatic rings. The molecule has 3 rings (SSSR count). The maximum atomic E-state index is 14.0. The van der Waals surface area contributed by atoms with Crippen molar-refractivity contribution in [1.29, 1.82) is 0 Å². The Morgan fingerprint density at radius 3 is 2.28 bits per heavy atom. The predicted molar refractivity (Wildman–Crippen MR) is 181 cm³/mol. The summed E-state index contributed by atoms with van der Waals surface area (Å²) in [6.45, 7) is 12.7. The molecule has 0 bridgehead atoms. The van der Waals surface area contributed by atoms with Crippen molar-refractivity contribution >= 4 is 10.9 Å². The van der Waals surface area contributed by atoms with E-state index in [1.54, 1.807) is 0 Å². The summed E-state index contributed by atoms with van der Waals surface area (Å²) in [6, 6.07) is 16.1. The number of ether oxygens (including phenoxy) is 3. The van der Waals surface area contributed by atoms with Crippen LogP contribution in [0.15, 0.2) is 76.6 Å². The van der Waals surface area contributed by atoms with Crippen molar-refractivity contribution in [3.05, 3.63) is 87.7 Å². The zero-order chi connectivity index (χ0) is 30.9. The average Bonchev–Trinajstić information content (AvgIpc) is 3.00. The standard InChI is InChI=1S/C38H53NO4/c1-6-8-10-11-12-16-26-41-37-36(42-27-24-31(5)19-17-18-30(3)4)34-23-22-33(43-29-32-20-14-13-15-21-32)28-35(34)39(38(37)40)25-9-7-2/h13-15,18,20-24,28H,6-12,16-17,19,25-27,29H2,1-5H3/b31-24+. The van der Waals surface area contributed by atoms with Gasteiger partial charge in [0.2, 0.25) is 5.75 Å². The first-order valence-electron chi connectivity index (χ1n) is 16.4. The quantitative estimate of drug-likeness (QED) is 0.0975. The van der Waals surface area contributed by atoms with Crippen molar-refractivity contribution in [1.82, 2.24) is 4.57 Å². The van der Waals surface area contributed by atoms with Crippen LogP contribution in [-0.2, 0) is 13.2 Å². The summed E-state index contributed by atoms with van der Waals surface area (Å²) in [7, 11) is 0. The molecule has 0 saturated carbocycles. The van der Waals surface area contributed by atoms with E-state index in [1.807, 2.05) is 53.1 Å². The van der Waals surface area contributed by atoms with Gasteiger partial charge < -0.3 is 18.8 Å². The zero-order valence-electron chi connectivity index (χ0n) is 27.3. The van der Waals surface area contributed by atoms with Gasteiger partial charge in [-0.25, -0.2) is 0 Å². The number of rotatable bonds is 20. The number of unbranched alkanes of at least 4 members (excludes halogenated alkanes) is 6. The first kappa shape index (κ1) is 34.0. The number of pyridine rings is 1. The molecule has 43 heavy (non-hydrogen) atoms. The molecule has 0 aliphatic carbocycles. The van der Waals surface area contributed by atoms with Crippen molar-refractivity contribution < 1.29 is 14.2 Å². The Balaban J connectivity index is 1.93. The summed E-state index contributed by atoms with van der Waals surface area (Å²) < 4.78 is 20.7. The highest BCUT2D eigenvalue weighted by Crippen LogP contribution is 2.35. The third-order valence-corrected chi connectivity index (χ3v) is 7.63. The lowest BCUT2D eigenvalue weighted by Gasteiger charge is -2.19. The van der Waals surface area contributed by atoms with Crippen molar-refractivity contribution in [3.63, 3.8) is 0 Å². The van der Waals surface area contributed by atoms with Gasteiger partial charge in [-0.1, -0.05) is 99.9 Å². The van der Waals surface area contributed by atoms with Crippen molar-refractivity contribution in [2.75, 3.05) is 13.2 Å². The SMILES string of the molecule is CCCCCCCCOc1c(OC/C=C(\C)CCC=C(C)C)c2ccc(OCc3ccccc3)cc2n(CCCC)c1=O. The summed E-state index contributed by atoms with van der Waals surface area (Å²) >= 11 is 0. The van der Waals surface area contributed by atoms with Crippen LogP contribution < -0.4 is 19.8 Å². The number of hydrogen-bond acceptors (Lipinski definition) is 4. The van der Waals surface area contributed by atoms with Crippen LogP contribution in [0.3, 0.4) is 0 Å². The van der Waals surface area contributed by atoms with E-state index in [0.717, 1.165) is 60.7 Å². The maximum Gasteiger partial charge on any atom is 0.297 e. The number of benzene rings is 2. The van der Waals surface area contributed by atoms with Crippen LogP contribution in [0, 0.1) is 0 Å². The van der Waals surface area contributed by atoms with E-state index in [0.29, 0.717) is 37.9 Å². The molecule has 5 nitrogen and oxygen atoms in total. The number of aryl methyl sites for hydroxylation is 1. The van der Waals surface area contributed by atoms with Gasteiger partial charge >= 0.3 is 0 Å². The molecule has 0 atom stereocenters. The first-order chi connectivity index (χ1) is 20.9. The highest BCUT2D eigenvalue weighted by Gasteiger charge is 2.20. The highest BCUT2D eigenvalue weighted by atomic mass is 16.5. The molecule has 0 fully saturated rings. The predicted octanol–water partition coefficient (Wildman–Crippen LogP) is 10.2. The summed E-state index contributed by atoms with van der Waals surface area (Å²) in [5.74, 6) is 1.58. The Kier molecular flexibility index (Phi) is 15.0. The second kappa shape index (κ2) is 18.9. The minimum absolute atomic E-state index is 0.133. The van der Waals surface area contributed by atoms with E-state index < -0.39 is 0 Å². The Morgan fingerprint density at radius 2 is 1.53 bits per heavy atom. The molecular formula is C38H53NO4. The Morgan fingerprint density at radius 1 is 0.791 bits per heavy atom. The van der Waals surface area contributed by atoms with Crippen LogP contribution in [0.1, 0.15) is 104 Å². The highest BCUT2D eigenvalue weighted by molar-refractivity contribution is 5.89. The van der Waals surface area contributed by atoms with Gasteiger partial charge in [0, 0.05) is 18.0 Å². The van der Waals surface area contributed by atoms with Crippen LogP contribution in [0.4, 0.5) is 0 Å². The molecule has 1 heterocycles. The fraction of sp³-hybridized carbons (Fsp3) is 0.500. The van der Waals surface area contributed by atoms with Gasteiger partial charge in [0.05, 0.1) is 12.1 Å². The smallest absolute Gasteiger partial charge is 0.297 e. The van der Waals surface area contributed by atoms with Gasteiger partial charge in [-0.15, -0.1) is 0 Å². The molecule has 2 aromatic carbocycles. The zero-order valence-corrected chi connectivity index (χ0v) is 27.3. The van der Waals surface area contributed by atoms with Crippen LogP contribution in [0.2, 0.25) is 0 Å². The van der Waals surface area contributed by atoms with Crippen molar-refractivity contribution in [3.8, 4) is 17.2 Å². The summed E-state index contributed by atoms with van der Waals surface area (Å²) in [6.07, 6.45) is 15.2. The van der Waals surface area contributed by atoms with Crippen LogP contribution >= 0.6 is 0 Å². The number of fused-ring (bicyclic) bond motifs is 1. The monoisotopic (exact) mass is 587 g/mol. The number of hydrogen-bond donors (Lipinski definition) is 0. The molecule has 0 aliphatic heterocycles. The van der Waals surface area contributed by atoms with E-state index in [4.69, 9.17) is 14.2 Å². The van der Waals surface area contributed by atoms with E-state index in [1.165, 1.54) is 36.8 Å². The maximum absolute atomic E-state index is 14.0. The largest absolute Gasteiger partial charge is 0.489 e. The topological polar surface area (TPSA) is 49.7 Å². The fourth-order valence-electron chi connectivity index (χ4n) is 5.03. The fourth-order valence-corrected chi connectivity index (χ4v) is 5.03. The minimum atomic E-state index is -0.133. The molecule has 3 aromatic rings. The van der Waals surface area contributed by atoms with Gasteiger partial charge in [0.1, 0.15) is 19.0 Å². The normalized spacial score (nSPS) is 11.5. The molecule has 1 aromatic heterocycles. The number of aromatic nitrogens is 1. The Bertz CT molecular complexity index is 1370. The lowest BCUT2D eigenvalue weighted by molar-refractivity contribution is 0.271. The molecule has 0 unspecified atom stereocenters. The van der Waals surface area contributed by atoms with Crippen molar-refractivity contribution in [2.45, 2.75) is 112 Å². The number of nitrogens with zero attached hydrogens (tertiary/aromatic N) is 1. The summed E-state index contributed by atoms with van der Waals surface area (Å²) in [4.78, 5) is 14.0. The van der Waals surface area contributed by atoms with E-state index in [-0.39, 0.29) is 5.56 Å². The Hall–Kier alpha value is -3.47. The van der Waals surface area contributed by atoms with Crippen molar-refractivity contribution in [2.24, 2.45) is 0 Å². The van der Waals surface area contributed by atoms with Gasteiger partial charge in [-0.05, 0) is 70.2 Å².